The maximum absolute atomic E-state index is 10.8. The third kappa shape index (κ3) is 2.37. The number of hydrogen-bond acceptors (Lipinski definition) is 5. The number of anilines is 3. The van der Waals surface area contributed by atoms with Crippen LogP contribution in [0.2, 0.25) is 0 Å². The van der Waals surface area contributed by atoms with E-state index in [0.29, 0.717) is 5.82 Å². The molecule has 0 aliphatic carbocycles. The van der Waals surface area contributed by atoms with Crippen molar-refractivity contribution in [2.24, 2.45) is 0 Å². The van der Waals surface area contributed by atoms with Gasteiger partial charge < -0.3 is 10.6 Å². The highest BCUT2D eigenvalue weighted by Gasteiger charge is 2.13. The zero-order valence-electron chi connectivity index (χ0n) is 9.78. The highest BCUT2D eigenvalue weighted by atomic mass is 16.6. The van der Waals surface area contributed by atoms with E-state index in [1.54, 1.807) is 11.9 Å². The van der Waals surface area contributed by atoms with E-state index in [9.17, 15) is 10.1 Å². The summed E-state index contributed by atoms with van der Waals surface area (Å²) in [6, 6.07) is 12.1. The lowest BCUT2D eigenvalue weighted by molar-refractivity contribution is -0.384. The van der Waals surface area contributed by atoms with Crippen LogP contribution in [0, 0.1) is 10.1 Å². The molecule has 0 atom stereocenters. The second-order valence-electron chi connectivity index (χ2n) is 3.76. The first-order chi connectivity index (χ1) is 8.58. The van der Waals surface area contributed by atoms with Crippen LogP contribution in [-0.4, -0.2) is 17.0 Å². The second kappa shape index (κ2) is 4.70. The minimum atomic E-state index is -0.486. The third-order valence-electron chi connectivity index (χ3n) is 2.51. The van der Waals surface area contributed by atoms with Gasteiger partial charge in [0.1, 0.15) is 11.6 Å². The first-order valence-electron chi connectivity index (χ1n) is 5.28. The predicted octanol–water partition coefficient (Wildman–Crippen LogP) is 2.34. The zero-order chi connectivity index (χ0) is 13.1. The summed E-state index contributed by atoms with van der Waals surface area (Å²) in [5.41, 5.74) is 6.38. The van der Waals surface area contributed by atoms with E-state index < -0.39 is 4.92 Å². The average molecular weight is 244 g/mol. The summed E-state index contributed by atoms with van der Waals surface area (Å²) in [6.45, 7) is 0. The van der Waals surface area contributed by atoms with Gasteiger partial charge in [0.2, 0.25) is 0 Å². The third-order valence-corrected chi connectivity index (χ3v) is 2.51. The number of nitro groups is 1. The topological polar surface area (TPSA) is 85.3 Å². The van der Waals surface area contributed by atoms with Crippen LogP contribution in [-0.2, 0) is 0 Å². The van der Waals surface area contributed by atoms with Crippen molar-refractivity contribution in [1.82, 2.24) is 4.98 Å². The Morgan fingerprint density at radius 2 is 1.94 bits per heavy atom. The molecule has 2 N–H and O–H groups in total. The summed E-state index contributed by atoms with van der Waals surface area (Å²) < 4.78 is 0. The van der Waals surface area contributed by atoms with Crippen molar-refractivity contribution < 1.29 is 4.92 Å². The standard InChI is InChI=1S/C12H12N4O2/c1-15(9-5-3-2-4-6-9)12-8-10(16(17)18)7-11(13)14-12/h2-8H,1H3,(H2,13,14). The summed E-state index contributed by atoms with van der Waals surface area (Å²) in [5, 5.41) is 10.8. The lowest BCUT2D eigenvalue weighted by Gasteiger charge is -2.18. The van der Waals surface area contributed by atoms with Crippen molar-refractivity contribution in [2.75, 3.05) is 17.7 Å². The number of nitrogens with zero attached hydrogens (tertiary/aromatic N) is 3. The number of nitrogens with two attached hydrogens (primary N) is 1. The van der Waals surface area contributed by atoms with Crippen molar-refractivity contribution in [3.63, 3.8) is 0 Å². The Balaban J connectivity index is 2.42. The van der Waals surface area contributed by atoms with Crippen molar-refractivity contribution in [3.8, 4) is 0 Å². The fraction of sp³-hybridized carbons (Fsp3) is 0.0833. The fourth-order valence-corrected chi connectivity index (χ4v) is 1.58. The molecule has 0 spiro atoms. The van der Waals surface area contributed by atoms with E-state index in [1.807, 2.05) is 30.3 Å². The van der Waals surface area contributed by atoms with Crippen LogP contribution in [0.15, 0.2) is 42.5 Å². The Morgan fingerprint density at radius 1 is 1.28 bits per heavy atom. The molecule has 18 heavy (non-hydrogen) atoms. The number of rotatable bonds is 3. The minimum Gasteiger partial charge on any atom is -0.383 e. The van der Waals surface area contributed by atoms with Gasteiger partial charge in [0, 0.05) is 12.7 Å². The molecule has 0 unspecified atom stereocenters. The molecule has 1 aromatic carbocycles. The maximum Gasteiger partial charge on any atom is 0.276 e. The van der Waals surface area contributed by atoms with E-state index >= 15 is 0 Å². The fourth-order valence-electron chi connectivity index (χ4n) is 1.58. The Hall–Kier alpha value is -2.63. The molecule has 2 rings (SSSR count). The lowest BCUT2D eigenvalue weighted by Crippen LogP contribution is -2.12. The van der Waals surface area contributed by atoms with Gasteiger partial charge in [0.05, 0.1) is 17.1 Å². The van der Waals surface area contributed by atoms with Crippen LogP contribution in [0.5, 0.6) is 0 Å². The molecule has 0 aliphatic rings. The summed E-state index contributed by atoms with van der Waals surface area (Å²) in [6.07, 6.45) is 0. The second-order valence-corrected chi connectivity index (χ2v) is 3.76. The molecule has 0 saturated carbocycles. The number of hydrogen-bond donors (Lipinski definition) is 1. The minimum absolute atomic E-state index is 0.0692. The number of benzene rings is 1. The normalized spacial score (nSPS) is 10.1. The number of para-hydroxylation sites is 1. The largest absolute Gasteiger partial charge is 0.383 e. The Kier molecular flexibility index (Phi) is 3.09. The lowest BCUT2D eigenvalue weighted by atomic mass is 10.3. The van der Waals surface area contributed by atoms with Gasteiger partial charge in [-0.05, 0) is 12.1 Å². The Labute approximate surface area is 104 Å². The monoisotopic (exact) mass is 244 g/mol. The van der Waals surface area contributed by atoms with E-state index in [1.165, 1.54) is 12.1 Å². The van der Waals surface area contributed by atoms with Crippen molar-refractivity contribution >= 4 is 23.0 Å². The van der Waals surface area contributed by atoms with Gasteiger partial charge in [-0.15, -0.1) is 0 Å². The van der Waals surface area contributed by atoms with Crippen molar-refractivity contribution in [3.05, 3.63) is 52.6 Å². The summed E-state index contributed by atoms with van der Waals surface area (Å²) in [7, 11) is 1.78. The molecular weight excluding hydrogens is 232 g/mol. The zero-order valence-corrected chi connectivity index (χ0v) is 9.78. The Morgan fingerprint density at radius 3 is 2.56 bits per heavy atom. The van der Waals surface area contributed by atoms with Gasteiger partial charge in [0.15, 0.2) is 0 Å². The van der Waals surface area contributed by atoms with Crippen molar-refractivity contribution in [2.45, 2.75) is 0 Å². The molecule has 6 nitrogen and oxygen atoms in total. The first kappa shape index (κ1) is 11.8. The predicted molar refractivity (Wildman–Crippen MR) is 69.8 cm³/mol. The molecule has 0 saturated heterocycles. The van der Waals surface area contributed by atoms with E-state index in [-0.39, 0.29) is 11.5 Å². The van der Waals surface area contributed by atoms with Crippen LogP contribution in [0.4, 0.5) is 23.0 Å². The summed E-state index contributed by atoms with van der Waals surface area (Å²) in [4.78, 5) is 16.1. The van der Waals surface area contributed by atoms with E-state index in [2.05, 4.69) is 4.98 Å². The van der Waals surface area contributed by atoms with Crippen LogP contribution < -0.4 is 10.6 Å². The maximum atomic E-state index is 10.8. The van der Waals surface area contributed by atoms with Crippen LogP contribution in [0.1, 0.15) is 0 Å². The molecule has 0 fully saturated rings. The SMILES string of the molecule is CN(c1ccccc1)c1cc([N+](=O)[O-])cc(N)n1. The molecule has 0 bridgehead atoms. The van der Waals surface area contributed by atoms with Gasteiger partial charge >= 0.3 is 0 Å². The quantitative estimate of drug-likeness (QED) is 0.661. The van der Waals surface area contributed by atoms with Crippen molar-refractivity contribution in [1.29, 1.82) is 0 Å². The number of pyridine rings is 1. The van der Waals surface area contributed by atoms with Gasteiger partial charge in [-0.25, -0.2) is 4.98 Å². The van der Waals surface area contributed by atoms with Gasteiger partial charge in [-0.3, -0.25) is 10.1 Å². The Bertz CT molecular complexity index is 572. The molecule has 0 amide bonds. The average Bonchev–Trinajstić information content (AvgIpc) is 2.38. The molecule has 6 heteroatoms. The highest BCUT2D eigenvalue weighted by molar-refractivity contribution is 5.63. The highest BCUT2D eigenvalue weighted by Crippen LogP contribution is 2.26. The molecular formula is C12H12N4O2. The smallest absolute Gasteiger partial charge is 0.276 e. The van der Waals surface area contributed by atoms with Gasteiger partial charge in [-0.2, -0.15) is 0 Å². The van der Waals surface area contributed by atoms with E-state index in [4.69, 9.17) is 5.73 Å². The van der Waals surface area contributed by atoms with Gasteiger partial charge in [-0.1, -0.05) is 18.2 Å². The first-order valence-corrected chi connectivity index (χ1v) is 5.28. The van der Waals surface area contributed by atoms with Crippen LogP contribution in [0.25, 0.3) is 0 Å². The molecule has 2 aromatic rings. The van der Waals surface area contributed by atoms with E-state index in [0.717, 1.165) is 5.69 Å². The summed E-state index contributed by atoms with van der Waals surface area (Å²) >= 11 is 0. The molecule has 92 valence electrons. The molecule has 1 heterocycles. The molecule has 0 aliphatic heterocycles. The number of nitrogen functional groups attached to an aromatic ring is 1. The molecule has 0 radical (unpaired) electrons. The summed E-state index contributed by atoms with van der Waals surface area (Å²) in [5.74, 6) is 0.565. The van der Waals surface area contributed by atoms with Crippen LogP contribution in [0.3, 0.4) is 0 Å². The number of aromatic nitrogens is 1. The van der Waals surface area contributed by atoms with Crippen LogP contribution >= 0.6 is 0 Å². The molecule has 1 aromatic heterocycles. The van der Waals surface area contributed by atoms with Gasteiger partial charge in [0.25, 0.3) is 5.69 Å².